The Labute approximate surface area is 117 Å². The number of rotatable bonds is 4. The molecule has 0 radical (unpaired) electrons. The lowest BCUT2D eigenvalue weighted by molar-refractivity contribution is 0.0918. The molecular formula is C14H17N5O. The second-order valence-electron chi connectivity index (χ2n) is 5.01. The molecule has 6 heteroatoms. The molecule has 1 atom stereocenters. The monoisotopic (exact) mass is 271 g/mol. The van der Waals surface area contributed by atoms with Crippen LogP contribution in [0.5, 0.6) is 0 Å². The molecule has 20 heavy (non-hydrogen) atoms. The summed E-state index contributed by atoms with van der Waals surface area (Å²) in [4.78, 5) is 19.3. The first kappa shape index (κ1) is 13.9. The van der Waals surface area contributed by atoms with Crippen molar-refractivity contribution in [1.29, 1.82) is 5.26 Å². The molecule has 0 aliphatic rings. The van der Waals surface area contributed by atoms with Gasteiger partial charge in [0.05, 0.1) is 11.6 Å². The van der Waals surface area contributed by atoms with Gasteiger partial charge in [-0.05, 0) is 12.0 Å². The van der Waals surface area contributed by atoms with E-state index in [0.29, 0.717) is 11.3 Å². The van der Waals surface area contributed by atoms with Crippen LogP contribution in [0.1, 0.15) is 41.8 Å². The van der Waals surface area contributed by atoms with E-state index in [1.807, 2.05) is 37.7 Å². The van der Waals surface area contributed by atoms with Crippen LogP contribution in [0.3, 0.4) is 0 Å². The number of imidazole rings is 1. The molecular weight excluding hydrogens is 254 g/mol. The molecule has 0 aromatic carbocycles. The number of nitrogens with one attached hydrogen (secondary N) is 2. The Morgan fingerprint density at radius 1 is 1.55 bits per heavy atom. The first-order valence-electron chi connectivity index (χ1n) is 6.39. The first-order chi connectivity index (χ1) is 9.52. The standard InChI is InChI=1S/C14H17N5O/c1-9(2)12(13-16-4-5-19(13)3)18-14(20)11-6-10(7-15)8-17-11/h4-6,8-9,12,17H,1-3H3,(H,18,20)/t12-/m1/s1. The molecule has 0 saturated heterocycles. The summed E-state index contributed by atoms with van der Waals surface area (Å²) in [6, 6.07) is 3.34. The average Bonchev–Trinajstić information content (AvgIpc) is 3.04. The molecule has 0 fully saturated rings. The van der Waals surface area contributed by atoms with Crippen molar-refractivity contribution in [3.8, 4) is 6.07 Å². The highest BCUT2D eigenvalue weighted by molar-refractivity contribution is 5.93. The van der Waals surface area contributed by atoms with Gasteiger partial charge in [0.2, 0.25) is 0 Å². The summed E-state index contributed by atoms with van der Waals surface area (Å²) < 4.78 is 1.89. The van der Waals surface area contributed by atoms with Crippen molar-refractivity contribution < 1.29 is 4.79 Å². The number of amides is 1. The van der Waals surface area contributed by atoms with Gasteiger partial charge < -0.3 is 14.9 Å². The summed E-state index contributed by atoms with van der Waals surface area (Å²) in [6.45, 7) is 4.05. The Bertz CT molecular complexity index is 647. The SMILES string of the molecule is CC(C)[C@@H](NC(=O)c1cc(C#N)c[nH]1)c1nccn1C. The molecule has 2 aromatic heterocycles. The van der Waals surface area contributed by atoms with Crippen LogP contribution in [-0.4, -0.2) is 20.4 Å². The molecule has 2 aromatic rings. The number of aryl methyl sites for hydroxylation is 1. The van der Waals surface area contributed by atoms with Gasteiger partial charge in [0.15, 0.2) is 0 Å². The number of nitriles is 1. The summed E-state index contributed by atoms with van der Waals surface area (Å²) in [5, 5.41) is 11.7. The van der Waals surface area contributed by atoms with E-state index in [1.54, 1.807) is 6.20 Å². The Kier molecular flexibility index (Phi) is 3.89. The molecule has 1 amide bonds. The lowest BCUT2D eigenvalue weighted by atomic mass is 10.0. The van der Waals surface area contributed by atoms with Crippen molar-refractivity contribution in [1.82, 2.24) is 19.9 Å². The topological polar surface area (TPSA) is 86.5 Å². The summed E-state index contributed by atoms with van der Waals surface area (Å²) >= 11 is 0. The number of carbonyl (C=O) groups is 1. The number of aromatic amines is 1. The zero-order valence-corrected chi connectivity index (χ0v) is 11.7. The highest BCUT2D eigenvalue weighted by atomic mass is 16.2. The second-order valence-corrected chi connectivity index (χ2v) is 5.01. The third-order valence-corrected chi connectivity index (χ3v) is 3.15. The van der Waals surface area contributed by atoms with Crippen LogP contribution in [0, 0.1) is 17.2 Å². The lowest BCUT2D eigenvalue weighted by Crippen LogP contribution is -2.33. The molecule has 2 rings (SSSR count). The number of hydrogen-bond donors (Lipinski definition) is 2. The van der Waals surface area contributed by atoms with Gasteiger partial charge in [0.25, 0.3) is 5.91 Å². The van der Waals surface area contributed by atoms with Crippen LogP contribution in [0.4, 0.5) is 0 Å². The fraction of sp³-hybridized carbons (Fsp3) is 0.357. The fourth-order valence-corrected chi connectivity index (χ4v) is 2.02. The van der Waals surface area contributed by atoms with E-state index in [2.05, 4.69) is 15.3 Å². The Morgan fingerprint density at radius 2 is 2.30 bits per heavy atom. The van der Waals surface area contributed by atoms with Crippen LogP contribution in [0.25, 0.3) is 0 Å². The molecule has 0 aliphatic heterocycles. The Morgan fingerprint density at radius 3 is 2.80 bits per heavy atom. The molecule has 104 valence electrons. The van der Waals surface area contributed by atoms with Gasteiger partial charge in [-0.1, -0.05) is 13.8 Å². The number of carbonyl (C=O) groups excluding carboxylic acids is 1. The van der Waals surface area contributed by atoms with Gasteiger partial charge >= 0.3 is 0 Å². The third kappa shape index (κ3) is 2.72. The largest absolute Gasteiger partial charge is 0.356 e. The van der Waals surface area contributed by atoms with Gasteiger partial charge in [-0.3, -0.25) is 4.79 Å². The van der Waals surface area contributed by atoms with Crippen molar-refractivity contribution in [2.24, 2.45) is 13.0 Å². The predicted molar refractivity (Wildman–Crippen MR) is 73.8 cm³/mol. The summed E-state index contributed by atoms with van der Waals surface area (Å²) in [6.07, 6.45) is 5.07. The molecule has 6 nitrogen and oxygen atoms in total. The molecule has 0 saturated carbocycles. The van der Waals surface area contributed by atoms with Crippen molar-refractivity contribution >= 4 is 5.91 Å². The van der Waals surface area contributed by atoms with Gasteiger partial charge in [0, 0.05) is 25.6 Å². The Hall–Kier alpha value is -2.55. The summed E-state index contributed by atoms with van der Waals surface area (Å²) in [7, 11) is 1.90. The summed E-state index contributed by atoms with van der Waals surface area (Å²) in [5.74, 6) is 0.763. The second kappa shape index (κ2) is 5.61. The maximum Gasteiger partial charge on any atom is 0.268 e. The van der Waals surface area contributed by atoms with Crippen LogP contribution < -0.4 is 5.32 Å². The minimum absolute atomic E-state index is 0.184. The zero-order chi connectivity index (χ0) is 14.7. The molecule has 2 N–H and O–H groups in total. The minimum Gasteiger partial charge on any atom is -0.356 e. The molecule has 2 heterocycles. The van der Waals surface area contributed by atoms with Gasteiger partial charge in [-0.15, -0.1) is 0 Å². The predicted octanol–water partition coefficient (Wildman–Crippen LogP) is 1.75. The number of aromatic nitrogens is 3. The van der Waals surface area contributed by atoms with E-state index in [-0.39, 0.29) is 17.9 Å². The number of hydrogen-bond acceptors (Lipinski definition) is 3. The maximum atomic E-state index is 12.2. The van der Waals surface area contributed by atoms with E-state index in [1.165, 1.54) is 12.3 Å². The van der Waals surface area contributed by atoms with Crippen molar-refractivity contribution in [2.75, 3.05) is 0 Å². The molecule has 0 aliphatic carbocycles. The fourth-order valence-electron chi connectivity index (χ4n) is 2.02. The van der Waals surface area contributed by atoms with Crippen LogP contribution >= 0.6 is 0 Å². The average molecular weight is 271 g/mol. The molecule has 0 bridgehead atoms. The van der Waals surface area contributed by atoms with Crippen molar-refractivity contribution in [3.63, 3.8) is 0 Å². The van der Waals surface area contributed by atoms with E-state index in [0.717, 1.165) is 5.82 Å². The van der Waals surface area contributed by atoms with Gasteiger partial charge in [-0.25, -0.2) is 4.98 Å². The van der Waals surface area contributed by atoms with E-state index in [9.17, 15) is 4.79 Å². The van der Waals surface area contributed by atoms with Gasteiger partial charge in [-0.2, -0.15) is 5.26 Å². The number of H-pyrrole nitrogens is 1. The first-order valence-corrected chi connectivity index (χ1v) is 6.39. The van der Waals surface area contributed by atoms with Crippen molar-refractivity contribution in [3.05, 3.63) is 41.7 Å². The highest BCUT2D eigenvalue weighted by Crippen LogP contribution is 2.20. The number of nitrogens with zero attached hydrogens (tertiary/aromatic N) is 3. The van der Waals surface area contributed by atoms with Gasteiger partial charge in [0.1, 0.15) is 17.6 Å². The van der Waals surface area contributed by atoms with Crippen LogP contribution in [0.2, 0.25) is 0 Å². The normalized spacial score (nSPS) is 12.2. The molecule has 0 spiro atoms. The van der Waals surface area contributed by atoms with E-state index < -0.39 is 0 Å². The molecule has 0 unspecified atom stereocenters. The third-order valence-electron chi connectivity index (χ3n) is 3.15. The lowest BCUT2D eigenvalue weighted by Gasteiger charge is -2.21. The zero-order valence-electron chi connectivity index (χ0n) is 11.7. The quantitative estimate of drug-likeness (QED) is 0.888. The van der Waals surface area contributed by atoms with Crippen LogP contribution in [0.15, 0.2) is 24.7 Å². The maximum absolute atomic E-state index is 12.2. The van der Waals surface area contributed by atoms with E-state index >= 15 is 0 Å². The van der Waals surface area contributed by atoms with E-state index in [4.69, 9.17) is 5.26 Å². The minimum atomic E-state index is -0.242. The Balaban J connectivity index is 2.19. The summed E-state index contributed by atoms with van der Waals surface area (Å²) in [5.41, 5.74) is 0.814. The van der Waals surface area contributed by atoms with Crippen molar-refractivity contribution in [2.45, 2.75) is 19.9 Å². The van der Waals surface area contributed by atoms with Crippen LogP contribution in [-0.2, 0) is 7.05 Å². The smallest absolute Gasteiger partial charge is 0.268 e. The highest BCUT2D eigenvalue weighted by Gasteiger charge is 2.23.